The molecule has 1 fully saturated rings. The van der Waals surface area contributed by atoms with Gasteiger partial charge in [0.15, 0.2) is 5.69 Å². The second-order valence-corrected chi connectivity index (χ2v) is 8.09. The molecule has 0 atom stereocenters. The molecular formula is C24H24N6O2. The molecule has 0 aliphatic carbocycles. The molecule has 4 aromatic rings. The minimum absolute atomic E-state index is 0.177. The molecule has 1 aliphatic rings. The maximum Gasteiger partial charge on any atom is 0.280 e. The van der Waals surface area contributed by atoms with E-state index in [1.165, 1.54) is 0 Å². The van der Waals surface area contributed by atoms with Crippen LogP contribution in [0.2, 0.25) is 0 Å². The lowest BCUT2D eigenvalue weighted by atomic mass is 10.0. The number of benzene rings is 2. The minimum Gasteiger partial charge on any atom is -0.342 e. The van der Waals surface area contributed by atoms with Crippen molar-refractivity contribution in [3.05, 3.63) is 71.9 Å². The van der Waals surface area contributed by atoms with Gasteiger partial charge in [0.1, 0.15) is 0 Å². The number of rotatable bonds is 5. The van der Waals surface area contributed by atoms with E-state index in [-0.39, 0.29) is 11.9 Å². The number of nitrogens with zero attached hydrogens (tertiary/aromatic N) is 6. The number of hydrogen-bond donors (Lipinski definition) is 0. The van der Waals surface area contributed by atoms with E-state index in [4.69, 9.17) is 4.52 Å². The van der Waals surface area contributed by atoms with Crippen molar-refractivity contribution < 1.29 is 9.32 Å². The molecule has 8 nitrogen and oxygen atoms in total. The van der Waals surface area contributed by atoms with Gasteiger partial charge in [0, 0.05) is 18.7 Å². The van der Waals surface area contributed by atoms with Gasteiger partial charge in [-0.1, -0.05) is 65.0 Å². The predicted octanol–water partition coefficient (Wildman–Crippen LogP) is 3.71. The third-order valence-electron chi connectivity index (χ3n) is 5.98. The van der Waals surface area contributed by atoms with Gasteiger partial charge >= 0.3 is 0 Å². The number of amides is 1. The number of carbonyl (C=O) groups is 1. The summed E-state index contributed by atoms with van der Waals surface area (Å²) in [5, 5.41) is 12.6. The third kappa shape index (κ3) is 4.16. The van der Waals surface area contributed by atoms with Crippen molar-refractivity contribution in [2.75, 3.05) is 13.1 Å². The predicted molar refractivity (Wildman–Crippen MR) is 118 cm³/mol. The summed E-state index contributed by atoms with van der Waals surface area (Å²) >= 11 is 0. The number of piperidine rings is 1. The van der Waals surface area contributed by atoms with Gasteiger partial charge < -0.3 is 9.42 Å². The monoisotopic (exact) mass is 428 g/mol. The fraction of sp³-hybridized carbons (Fsp3) is 0.292. The van der Waals surface area contributed by atoms with Gasteiger partial charge in [0.25, 0.3) is 5.89 Å². The molecule has 5 rings (SSSR count). The Kier molecular flexibility index (Phi) is 5.49. The highest BCUT2D eigenvalue weighted by atomic mass is 16.5. The summed E-state index contributed by atoms with van der Waals surface area (Å²) in [6.07, 6.45) is 3.96. The zero-order chi connectivity index (χ0) is 21.9. The Morgan fingerprint density at radius 3 is 2.59 bits per heavy atom. The van der Waals surface area contributed by atoms with Gasteiger partial charge in [0.2, 0.25) is 11.7 Å². The second kappa shape index (κ2) is 8.74. The lowest BCUT2D eigenvalue weighted by Gasteiger charge is -2.32. The van der Waals surface area contributed by atoms with E-state index >= 15 is 0 Å². The first kappa shape index (κ1) is 20.1. The molecule has 8 heteroatoms. The van der Waals surface area contributed by atoms with Gasteiger partial charge in [-0.3, -0.25) is 4.79 Å². The Bertz CT molecular complexity index is 1210. The van der Waals surface area contributed by atoms with E-state index in [1.54, 1.807) is 0 Å². The summed E-state index contributed by atoms with van der Waals surface area (Å²) in [7, 11) is 0. The molecule has 0 spiro atoms. The normalized spacial score (nSPS) is 14.6. The van der Waals surface area contributed by atoms with E-state index in [1.807, 2.05) is 77.3 Å². The van der Waals surface area contributed by atoms with Crippen LogP contribution >= 0.6 is 0 Å². The summed E-state index contributed by atoms with van der Waals surface area (Å²) in [6.45, 7) is 3.47. The van der Waals surface area contributed by atoms with Crippen molar-refractivity contribution >= 4 is 5.91 Å². The summed E-state index contributed by atoms with van der Waals surface area (Å²) in [5.74, 6) is 1.05. The first-order chi connectivity index (χ1) is 15.7. The first-order valence-corrected chi connectivity index (χ1v) is 10.8. The standard InChI is InChI=1S/C24H24N6O2/c1-17-7-5-6-10-19(17)15-22(31)29-13-11-20(12-14-29)30-16-21(26-28-30)24-25-23(27-32-24)18-8-3-2-4-9-18/h2-10,16,20H,11-15H2,1H3. The largest absolute Gasteiger partial charge is 0.342 e. The number of aromatic nitrogens is 5. The van der Waals surface area contributed by atoms with Crippen LogP contribution < -0.4 is 0 Å². The Labute approximate surface area is 185 Å². The van der Waals surface area contributed by atoms with Crippen LogP contribution in [0.3, 0.4) is 0 Å². The molecule has 1 saturated heterocycles. The fourth-order valence-electron chi connectivity index (χ4n) is 4.05. The highest BCUT2D eigenvalue weighted by Gasteiger charge is 2.25. The van der Waals surface area contributed by atoms with Crippen molar-refractivity contribution in [1.82, 2.24) is 30.0 Å². The van der Waals surface area contributed by atoms with Crippen molar-refractivity contribution in [3.8, 4) is 23.0 Å². The third-order valence-corrected chi connectivity index (χ3v) is 5.98. The van der Waals surface area contributed by atoms with E-state index in [2.05, 4.69) is 20.5 Å². The minimum atomic E-state index is 0.177. The fourth-order valence-corrected chi connectivity index (χ4v) is 4.05. The molecule has 0 saturated carbocycles. The number of hydrogen-bond acceptors (Lipinski definition) is 6. The lowest BCUT2D eigenvalue weighted by molar-refractivity contribution is -0.131. The topological polar surface area (TPSA) is 89.9 Å². The van der Waals surface area contributed by atoms with E-state index in [0.29, 0.717) is 36.9 Å². The van der Waals surface area contributed by atoms with Gasteiger partial charge in [-0.25, -0.2) is 4.68 Å². The van der Waals surface area contributed by atoms with Gasteiger partial charge in [-0.2, -0.15) is 4.98 Å². The summed E-state index contributed by atoms with van der Waals surface area (Å²) in [4.78, 5) is 19.1. The van der Waals surface area contributed by atoms with Crippen molar-refractivity contribution in [3.63, 3.8) is 0 Å². The zero-order valence-corrected chi connectivity index (χ0v) is 17.9. The Hall–Kier alpha value is -3.81. The quantitative estimate of drug-likeness (QED) is 0.481. The van der Waals surface area contributed by atoms with Crippen LogP contribution in [0.5, 0.6) is 0 Å². The van der Waals surface area contributed by atoms with Crippen LogP contribution in [-0.2, 0) is 11.2 Å². The second-order valence-electron chi connectivity index (χ2n) is 8.09. The van der Waals surface area contributed by atoms with E-state index in [9.17, 15) is 4.79 Å². The summed E-state index contributed by atoms with van der Waals surface area (Å²) in [6, 6.07) is 17.9. The van der Waals surface area contributed by atoms with Gasteiger partial charge in [-0.05, 0) is 30.9 Å². The molecular weight excluding hydrogens is 404 g/mol. The molecule has 0 bridgehead atoms. The zero-order valence-electron chi connectivity index (χ0n) is 17.9. The lowest BCUT2D eigenvalue weighted by Crippen LogP contribution is -2.40. The Morgan fingerprint density at radius 2 is 1.81 bits per heavy atom. The van der Waals surface area contributed by atoms with Crippen LogP contribution in [0, 0.1) is 6.92 Å². The maximum atomic E-state index is 12.7. The molecule has 0 N–H and O–H groups in total. The van der Waals surface area contributed by atoms with Crippen LogP contribution in [-0.4, -0.2) is 49.0 Å². The highest BCUT2D eigenvalue weighted by Crippen LogP contribution is 2.25. The molecule has 162 valence electrons. The Balaban J connectivity index is 1.21. The molecule has 32 heavy (non-hydrogen) atoms. The van der Waals surface area contributed by atoms with Crippen LogP contribution in [0.4, 0.5) is 0 Å². The smallest absolute Gasteiger partial charge is 0.280 e. The van der Waals surface area contributed by atoms with Crippen LogP contribution in [0.25, 0.3) is 23.0 Å². The average molecular weight is 428 g/mol. The van der Waals surface area contributed by atoms with Crippen molar-refractivity contribution in [2.45, 2.75) is 32.2 Å². The summed E-state index contributed by atoms with van der Waals surface area (Å²) < 4.78 is 7.24. The summed E-state index contributed by atoms with van der Waals surface area (Å²) in [5.41, 5.74) is 3.69. The highest BCUT2D eigenvalue weighted by molar-refractivity contribution is 5.79. The van der Waals surface area contributed by atoms with Crippen LogP contribution in [0.15, 0.2) is 65.3 Å². The van der Waals surface area contributed by atoms with Gasteiger partial charge in [0.05, 0.1) is 18.7 Å². The number of aryl methyl sites for hydroxylation is 1. The number of carbonyl (C=O) groups excluding carboxylic acids is 1. The molecule has 1 aliphatic heterocycles. The van der Waals surface area contributed by atoms with Crippen LogP contribution in [0.1, 0.15) is 30.0 Å². The first-order valence-electron chi connectivity index (χ1n) is 10.8. The molecule has 2 aromatic carbocycles. The Morgan fingerprint density at radius 1 is 1.06 bits per heavy atom. The average Bonchev–Trinajstić information content (AvgIpc) is 3.51. The number of likely N-dealkylation sites (tertiary alicyclic amines) is 1. The SMILES string of the molecule is Cc1ccccc1CC(=O)N1CCC(n2cc(-c3nc(-c4ccccc4)no3)nn2)CC1. The van der Waals surface area contributed by atoms with Crippen molar-refractivity contribution in [2.24, 2.45) is 0 Å². The maximum absolute atomic E-state index is 12.7. The molecule has 1 amide bonds. The molecule has 0 radical (unpaired) electrons. The van der Waals surface area contributed by atoms with Gasteiger partial charge in [-0.15, -0.1) is 5.10 Å². The van der Waals surface area contributed by atoms with Crippen molar-refractivity contribution in [1.29, 1.82) is 0 Å². The van der Waals surface area contributed by atoms with E-state index in [0.717, 1.165) is 29.5 Å². The van der Waals surface area contributed by atoms with E-state index < -0.39 is 0 Å². The molecule has 2 aromatic heterocycles. The molecule has 3 heterocycles. The molecule has 0 unspecified atom stereocenters.